The lowest BCUT2D eigenvalue weighted by Crippen LogP contribution is -2.36. The molecule has 0 spiro atoms. The quantitative estimate of drug-likeness (QED) is 0.754. The molecule has 0 aromatic heterocycles. The number of benzene rings is 2. The van der Waals surface area contributed by atoms with Gasteiger partial charge in [-0.15, -0.1) is 0 Å². The number of amides is 1. The molecule has 0 radical (unpaired) electrons. The number of carbonyl (C=O) groups is 1. The van der Waals surface area contributed by atoms with E-state index >= 15 is 0 Å². The number of hydrogen-bond donors (Lipinski definition) is 0. The van der Waals surface area contributed by atoms with Crippen LogP contribution in [0.1, 0.15) is 30.4 Å². The largest absolute Gasteiger partial charge is 0.497 e. The lowest BCUT2D eigenvalue weighted by molar-refractivity contribution is -0.118. The highest BCUT2D eigenvalue weighted by atomic mass is 32.2. The van der Waals surface area contributed by atoms with Crippen molar-refractivity contribution in [2.24, 2.45) is 0 Å². The summed E-state index contributed by atoms with van der Waals surface area (Å²) in [7, 11) is -1.84. The number of nitrogens with zero attached hydrogens (tertiary/aromatic N) is 2. The predicted octanol–water partition coefficient (Wildman–Crippen LogP) is 3.00. The second-order valence-corrected chi connectivity index (χ2v) is 9.52. The van der Waals surface area contributed by atoms with Crippen molar-refractivity contribution in [3.63, 3.8) is 0 Å². The van der Waals surface area contributed by atoms with Gasteiger partial charge in [-0.05, 0) is 67.1 Å². The first-order valence-electron chi connectivity index (χ1n) is 10.1. The average Bonchev–Trinajstić information content (AvgIpc) is 3.29. The second kappa shape index (κ2) is 8.16. The third kappa shape index (κ3) is 4.02. The molecular formula is C22H26N2O4S. The minimum Gasteiger partial charge on any atom is -0.497 e. The molecular weight excluding hydrogens is 388 g/mol. The van der Waals surface area contributed by atoms with Gasteiger partial charge in [0, 0.05) is 25.3 Å². The molecule has 0 atom stereocenters. The molecule has 154 valence electrons. The lowest BCUT2D eigenvalue weighted by atomic mass is 10.0. The summed E-state index contributed by atoms with van der Waals surface area (Å²) in [5.41, 5.74) is 2.65. The summed E-state index contributed by atoms with van der Waals surface area (Å²) in [4.78, 5) is 15.1. The first-order valence-corrected chi connectivity index (χ1v) is 11.5. The molecule has 0 N–H and O–H groups in total. The minimum absolute atomic E-state index is 0.00866. The van der Waals surface area contributed by atoms with E-state index in [0.29, 0.717) is 24.5 Å². The maximum atomic E-state index is 13.0. The highest BCUT2D eigenvalue weighted by Gasteiger charge is 2.29. The maximum Gasteiger partial charge on any atom is 0.243 e. The molecule has 1 fully saturated rings. The Morgan fingerprint density at radius 2 is 1.83 bits per heavy atom. The maximum absolute atomic E-state index is 13.0. The zero-order valence-electron chi connectivity index (χ0n) is 16.6. The van der Waals surface area contributed by atoms with Crippen LogP contribution in [-0.2, 0) is 27.7 Å². The average molecular weight is 415 g/mol. The van der Waals surface area contributed by atoms with E-state index in [1.807, 2.05) is 24.3 Å². The number of sulfonamides is 1. The van der Waals surface area contributed by atoms with E-state index < -0.39 is 10.0 Å². The van der Waals surface area contributed by atoms with Gasteiger partial charge in [0.25, 0.3) is 0 Å². The number of anilines is 1. The molecule has 2 aliphatic heterocycles. The lowest BCUT2D eigenvalue weighted by Gasteiger charge is -2.30. The summed E-state index contributed by atoms with van der Waals surface area (Å²) in [6.45, 7) is 1.82. The van der Waals surface area contributed by atoms with E-state index in [-0.39, 0.29) is 12.3 Å². The van der Waals surface area contributed by atoms with E-state index in [1.165, 1.54) is 0 Å². The van der Waals surface area contributed by atoms with E-state index in [0.717, 1.165) is 48.2 Å². The third-order valence-corrected chi connectivity index (χ3v) is 7.56. The van der Waals surface area contributed by atoms with Crippen LogP contribution < -0.4 is 9.64 Å². The van der Waals surface area contributed by atoms with Gasteiger partial charge in [0.15, 0.2) is 0 Å². The molecule has 0 saturated carbocycles. The molecule has 0 bridgehead atoms. The van der Waals surface area contributed by atoms with Gasteiger partial charge in [0.05, 0.1) is 18.4 Å². The van der Waals surface area contributed by atoms with Crippen molar-refractivity contribution in [2.45, 2.75) is 37.0 Å². The highest BCUT2D eigenvalue weighted by Crippen LogP contribution is 2.31. The van der Waals surface area contributed by atoms with Crippen molar-refractivity contribution >= 4 is 21.6 Å². The number of fused-ring (bicyclic) bond motifs is 1. The molecule has 2 aliphatic rings. The van der Waals surface area contributed by atoms with Gasteiger partial charge in [-0.25, -0.2) is 8.42 Å². The molecule has 0 unspecified atom stereocenters. The van der Waals surface area contributed by atoms with E-state index in [2.05, 4.69) is 0 Å². The fraction of sp³-hybridized carbons (Fsp3) is 0.409. The van der Waals surface area contributed by atoms with Crippen LogP contribution in [0.15, 0.2) is 47.4 Å². The van der Waals surface area contributed by atoms with Gasteiger partial charge >= 0.3 is 0 Å². The van der Waals surface area contributed by atoms with E-state index in [1.54, 1.807) is 34.5 Å². The number of ether oxygens (including phenoxy) is 1. The van der Waals surface area contributed by atoms with Crippen LogP contribution in [0.25, 0.3) is 0 Å². The van der Waals surface area contributed by atoms with Gasteiger partial charge < -0.3 is 9.64 Å². The smallest absolute Gasteiger partial charge is 0.243 e. The summed E-state index contributed by atoms with van der Waals surface area (Å²) in [6.07, 6.45) is 3.71. The summed E-state index contributed by atoms with van der Waals surface area (Å²) in [5, 5.41) is 0. The molecule has 0 aliphatic carbocycles. The van der Waals surface area contributed by atoms with Crippen molar-refractivity contribution in [1.82, 2.24) is 4.31 Å². The van der Waals surface area contributed by atoms with Gasteiger partial charge in [0.1, 0.15) is 5.75 Å². The first kappa shape index (κ1) is 19.9. The molecule has 2 aromatic rings. The Morgan fingerprint density at radius 1 is 1.03 bits per heavy atom. The monoisotopic (exact) mass is 414 g/mol. The van der Waals surface area contributed by atoms with Gasteiger partial charge in [-0.2, -0.15) is 4.31 Å². The second-order valence-electron chi connectivity index (χ2n) is 7.58. The number of methoxy groups -OCH3 is 1. The summed E-state index contributed by atoms with van der Waals surface area (Å²) >= 11 is 0. The number of carbonyl (C=O) groups excluding carboxylic acids is 1. The molecule has 1 saturated heterocycles. The zero-order valence-corrected chi connectivity index (χ0v) is 17.5. The SMILES string of the molecule is COc1cccc(CC(=O)N2CCCc3cc(S(=O)(=O)N4CCCC4)ccc32)c1. The Balaban J connectivity index is 1.57. The highest BCUT2D eigenvalue weighted by molar-refractivity contribution is 7.89. The topological polar surface area (TPSA) is 66.9 Å². The summed E-state index contributed by atoms with van der Waals surface area (Å²) < 4.78 is 32.5. The molecule has 29 heavy (non-hydrogen) atoms. The molecule has 2 aromatic carbocycles. The Labute approximate surface area is 172 Å². The van der Waals surface area contributed by atoms with Crippen molar-refractivity contribution in [3.05, 3.63) is 53.6 Å². The van der Waals surface area contributed by atoms with Crippen molar-refractivity contribution in [2.75, 3.05) is 31.6 Å². The minimum atomic E-state index is -3.45. The summed E-state index contributed by atoms with van der Waals surface area (Å²) in [6, 6.07) is 12.7. The standard InChI is InChI=1S/C22H26N2O4S/c1-28-19-8-4-6-17(14-19)15-22(25)24-13-5-7-18-16-20(9-10-21(18)24)29(26,27)23-11-2-3-12-23/h4,6,8-10,14,16H,2-3,5,7,11-13,15H2,1H3. The number of hydrogen-bond acceptors (Lipinski definition) is 4. The molecule has 2 heterocycles. The number of aryl methyl sites for hydroxylation is 1. The first-order chi connectivity index (χ1) is 14.0. The Morgan fingerprint density at radius 3 is 2.59 bits per heavy atom. The summed E-state index contributed by atoms with van der Waals surface area (Å²) in [5.74, 6) is 0.737. The predicted molar refractivity (Wildman–Crippen MR) is 112 cm³/mol. The molecule has 6 nitrogen and oxygen atoms in total. The van der Waals surface area contributed by atoms with Crippen LogP contribution in [0.3, 0.4) is 0 Å². The fourth-order valence-electron chi connectivity index (χ4n) is 4.12. The van der Waals surface area contributed by atoms with Crippen LogP contribution in [0.4, 0.5) is 5.69 Å². The third-order valence-electron chi connectivity index (χ3n) is 5.66. The van der Waals surface area contributed by atoms with Crippen LogP contribution in [0.5, 0.6) is 5.75 Å². The molecule has 4 rings (SSSR count). The van der Waals surface area contributed by atoms with Gasteiger partial charge in [0.2, 0.25) is 15.9 Å². The van der Waals surface area contributed by atoms with Crippen LogP contribution >= 0.6 is 0 Å². The zero-order chi connectivity index (χ0) is 20.4. The van der Waals surface area contributed by atoms with Crippen molar-refractivity contribution in [3.8, 4) is 5.75 Å². The van der Waals surface area contributed by atoms with Crippen molar-refractivity contribution in [1.29, 1.82) is 0 Å². The van der Waals surface area contributed by atoms with E-state index in [9.17, 15) is 13.2 Å². The molecule has 1 amide bonds. The Kier molecular flexibility index (Phi) is 5.61. The fourth-order valence-corrected chi connectivity index (χ4v) is 5.69. The van der Waals surface area contributed by atoms with Crippen LogP contribution in [-0.4, -0.2) is 45.4 Å². The van der Waals surface area contributed by atoms with Gasteiger partial charge in [-0.3, -0.25) is 4.79 Å². The Bertz CT molecular complexity index is 1010. The van der Waals surface area contributed by atoms with Gasteiger partial charge in [-0.1, -0.05) is 12.1 Å². The normalized spacial score (nSPS) is 17.2. The van der Waals surface area contributed by atoms with Crippen LogP contribution in [0, 0.1) is 0 Å². The molecule has 7 heteroatoms. The van der Waals surface area contributed by atoms with E-state index in [4.69, 9.17) is 4.74 Å². The van der Waals surface area contributed by atoms with Crippen molar-refractivity contribution < 1.29 is 17.9 Å². The van der Waals surface area contributed by atoms with Crippen LogP contribution in [0.2, 0.25) is 0 Å². The number of rotatable bonds is 5. The Hall–Kier alpha value is -2.38.